The summed E-state index contributed by atoms with van der Waals surface area (Å²) in [4.78, 5) is 19.6. The molecule has 4 aromatic rings. The van der Waals surface area contributed by atoms with E-state index in [-0.39, 0.29) is 5.78 Å². The van der Waals surface area contributed by atoms with Crippen molar-refractivity contribution in [2.24, 2.45) is 0 Å². The van der Waals surface area contributed by atoms with Gasteiger partial charge < -0.3 is 9.40 Å². The Morgan fingerprint density at radius 1 is 1.16 bits per heavy atom. The molecule has 2 heterocycles. The fourth-order valence-corrected chi connectivity index (χ4v) is 3.10. The number of Topliss-reactive ketones (excluding diaryl/α,β-unsaturated/α-hetero) is 1. The van der Waals surface area contributed by atoms with Gasteiger partial charge in [0.25, 0.3) is 0 Å². The van der Waals surface area contributed by atoms with Crippen molar-refractivity contribution in [1.29, 1.82) is 0 Å². The molecule has 0 aliphatic heterocycles. The summed E-state index contributed by atoms with van der Waals surface area (Å²) in [6.45, 7) is 0. The third-order valence-corrected chi connectivity index (χ3v) is 4.51. The van der Waals surface area contributed by atoms with Crippen LogP contribution in [0.5, 0.6) is 0 Å². The molecule has 0 fully saturated rings. The van der Waals surface area contributed by atoms with Crippen LogP contribution in [0, 0.1) is 0 Å². The zero-order chi connectivity index (χ0) is 17.2. The number of halogens is 1. The molecule has 0 radical (unpaired) electrons. The quantitative estimate of drug-likeness (QED) is 0.497. The molecule has 0 unspecified atom stereocenters. The van der Waals surface area contributed by atoms with E-state index in [1.165, 1.54) is 6.39 Å². The van der Waals surface area contributed by atoms with Crippen molar-refractivity contribution in [3.8, 4) is 11.3 Å². The van der Waals surface area contributed by atoms with E-state index in [1.807, 2.05) is 48.7 Å². The summed E-state index contributed by atoms with van der Waals surface area (Å²) >= 11 is 6.07. The van der Waals surface area contributed by atoms with Gasteiger partial charge in [-0.05, 0) is 30.2 Å². The molecule has 0 aliphatic rings. The number of benzene rings is 2. The van der Waals surface area contributed by atoms with Crippen molar-refractivity contribution < 1.29 is 9.21 Å². The number of oxazole rings is 1. The Kier molecular flexibility index (Phi) is 4.12. The third-order valence-electron chi connectivity index (χ3n) is 4.27. The smallest absolute Gasteiger partial charge is 0.181 e. The van der Waals surface area contributed by atoms with Gasteiger partial charge in [-0.3, -0.25) is 4.79 Å². The van der Waals surface area contributed by atoms with Crippen LogP contribution in [0.3, 0.4) is 0 Å². The maximum absolute atomic E-state index is 12.5. The monoisotopic (exact) mass is 350 g/mol. The largest absolute Gasteiger partial charge is 0.444 e. The minimum absolute atomic E-state index is 0.112. The van der Waals surface area contributed by atoms with Crippen molar-refractivity contribution >= 4 is 28.3 Å². The highest BCUT2D eigenvalue weighted by molar-refractivity contribution is 6.31. The van der Waals surface area contributed by atoms with Crippen LogP contribution in [0.15, 0.2) is 65.7 Å². The second kappa shape index (κ2) is 6.57. The van der Waals surface area contributed by atoms with E-state index in [0.717, 1.165) is 22.0 Å². The molecule has 0 aliphatic carbocycles. The Hall–Kier alpha value is -2.85. The van der Waals surface area contributed by atoms with E-state index < -0.39 is 0 Å². The SMILES string of the molecule is O=C(CCc1c[nH]c2ccc(Cl)cc12)c1ccc(-c2cnco2)cc1. The Balaban J connectivity index is 1.47. The first-order valence-electron chi connectivity index (χ1n) is 7.98. The van der Waals surface area contributed by atoms with Gasteiger partial charge in [0, 0.05) is 39.7 Å². The average Bonchev–Trinajstić information content (AvgIpc) is 3.30. The molecule has 0 saturated heterocycles. The Morgan fingerprint density at radius 2 is 2.00 bits per heavy atom. The molecule has 25 heavy (non-hydrogen) atoms. The van der Waals surface area contributed by atoms with Crippen LogP contribution >= 0.6 is 11.6 Å². The molecule has 0 amide bonds. The third kappa shape index (κ3) is 3.21. The zero-order valence-electron chi connectivity index (χ0n) is 13.3. The maximum atomic E-state index is 12.5. The standard InChI is InChI=1S/C20H15ClN2O2/c21-16-6-7-18-17(9-16)15(10-23-18)5-8-19(24)13-1-3-14(4-2-13)20-11-22-12-25-20/h1-4,6-7,9-12,23H,5,8H2. The summed E-state index contributed by atoms with van der Waals surface area (Å²) < 4.78 is 5.26. The predicted octanol–water partition coefficient (Wildman–Crippen LogP) is 5.29. The zero-order valence-corrected chi connectivity index (χ0v) is 14.1. The van der Waals surface area contributed by atoms with Crippen molar-refractivity contribution in [2.75, 3.05) is 0 Å². The van der Waals surface area contributed by atoms with Crippen molar-refractivity contribution in [2.45, 2.75) is 12.8 Å². The minimum atomic E-state index is 0.112. The highest BCUT2D eigenvalue weighted by Crippen LogP contribution is 2.24. The second-order valence-corrected chi connectivity index (χ2v) is 6.31. The summed E-state index contributed by atoms with van der Waals surface area (Å²) in [6, 6.07) is 13.1. The number of fused-ring (bicyclic) bond motifs is 1. The number of ketones is 1. The van der Waals surface area contributed by atoms with Crippen LogP contribution in [-0.4, -0.2) is 15.8 Å². The number of carbonyl (C=O) groups is 1. The highest BCUT2D eigenvalue weighted by atomic mass is 35.5. The number of nitrogens with one attached hydrogen (secondary N) is 1. The number of nitrogens with zero attached hydrogens (tertiary/aromatic N) is 1. The number of rotatable bonds is 5. The molecule has 5 heteroatoms. The Morgan fingerprint density at radius 3 is 2.76 bits per heavy atom. The van der Waals surface area contributed by atoms with Crippen LogP contribution in [-0.2, 0) is 6.42 Å². The average molecular weight is 351 g/mol. The summed E-state index contributed by atoms with van der Waals surface area (Å²) in [5, 5.41) is 1.77. The highest BCUT2D eigenvalue weighted by Gasteiger charge is 2.10. The molecule has 1 N–H and O–H groups in total. The molecule has 0 spiro atoms. The summed E-state index contributed by atoms with van der Waals surface area (Å²) in [7, 11) is 0. The first kappa shape index (κ1) is 15.7. The lowest BCUT2D eigenvalue weighted by Gasteiger charge is -2.03. The molecule has 0 bridgehead atoms. The molecule has 124 valence electrons. The lowest BCUT2D eigenvalue weighted by Crippen LogP contribution is -2.00. The Bertz CT molecular complexity index is 1020. The van der Waals surface area contributed by atoms with E-state index in [1.54, 1.807) is 6.20 Å². The maximum Gasteiger partial charge on any atom is 0.181 e. The molecular formula is C20H15ClN2O2. The number of aromatic nitrogens is 2. The van der Waals surface area contributed by atoms with Crippen LogP contribution < -0.4 is 0 Å². The number of H-pyrrole nitrogens is 1. The van der Waals surface area contributed by atoms with Gasteiger partial charge in [-0.25, -0.2) is 4.98 Å². The second-order valence-electron chi connectivity index (χ2n) is 5.87. The van der Waals surface area contributed by atoms with Gasteiger partial charge in [0.1, 0.15) is 0 Å². The first-order valence-corrected chi connectivity index (χ1v) is 8.36. The first-order chi connectivity index (χ1) is 12.2. The number of hydrogen-bond acceptors (Lipinski definition) is 3. The molecule has 4 rings (SSSR count). The van der Waals surface area contributed by atoms with Crippen LogP contribution in [0.1, 0.15) is 22.3 Å². The van der Waals surface area contributed by atoms with Crippen LogP contribution in [0.25, 0.3) is 22.2 Å². The van der Waals surface area contributed by atoms with Crippen LogP contribution in [0.4, 0.5) is 0 Å². The van der Waals surface area contributed by atoms with Crippen molar-refractivity contribution in [3.63, 3.8) is 0 Å². The van der Waals surface area contributed by atoms with Gasteiger partial charge in [0.15, 0.2) is 17.9 Å². The molecular weight excluding hydrogens is 336 g/mol. The lowest BCUT2D eigenvalue weighted by atomic mass is 10.0. The van der Waals surface area contributed by atoms with E-state index in [0.29, 0.717) is 29.2 Å². The molecule has 0 atom stereocenters. The lowest BCUT2D eigenvalue weighted by molar-refractivity contribution is 0.0983. The van der Waals surface area contributed by atoms with Gasteiger partial charge in [0.05, 0.1) is 6.20 Å². The van der Waals surface area contributed by atoms with E-state index in [9.17, 15) is 4.79 Å². The molecule has 2 aromatic carbocycles. The molecule has 2 aromatic heterocycles. The summed E-state index contributed by atoms with van der Waals surface area (Å²) in [5.74, 6) is 0.801. The fraction of sp³-hybridized carbons (Fsp3) is 0.100. The number of hydrogen-bond donors (Lipinski definition) is 1. The van der Waals surface area contributed by atoms with Crippen molar-refractivity contribution in [3.05, 3.63) is 77.4 Å². The number of aromatic amines is 1. The van der Waals surface area contributed by atoms with Gasteiger partial charge in [-0.2, -0.15) is 0 Å². The van der Waals surface area contributed by atoms with E-state index in [2.05, 4.69) is 9.97 Å². The molecule has 4 nitrogen and oxygen atoms in total. The normalized spacial score (nSPS) is 11.1. The van der Waals surface area contributed by atoms with E-state index >= 15 is 0 Å². The van der Waals surface area contributed by atoms with Gasteiger partial charge in [-0.1, -0.05) is 35.9 Å². The number of carbonyl (C=O) groups excluding carboxylic acids is 1. The summed E-state index contributed by atoms with van der Waals surface area (Å²) in [5.41, 5.74) is 3.73. The fourth-order valence-electron chi connectivity index (χ4n) is 2.93. The molecule has 0 saturated carbocycles. The number of aryl methyl sites for hydroxylation is 1. The topological polar surface area (TPSA) is 58.9 Å². The van der Waals surface area contributed by atoms with E-state index in [4.69, 9.17) is 16.0 Å². The van der Waals surface area contributed by atoms with Gasteiger partial charge in [-0.15, -0.1) is 0 Å². The summed E-state index contributed by atoms with van der Waals surface area (Å²) in [6.07, 6.45) is 6.10. The van der Waals surface area contributed by atoms with Crippen molar-refractivity contribution in [1.82, 2.24) is 9.97 Å². The predicted molar refractivity (Wildman–Crippen MR) is 97.9 cm³/mol. The van der Waals surface area contributed by atoms with Crippen LogP contribution in [0.2, 0.25) is 5.02 Å². The Labute approximate surface area is 149 Å². The minimum Gasteiger partial charge on any atom is -0.444 e. The van der Waals surface area contributed by atoms with Gasteiger partial charge in [0.2, 0.25) is 0 Å². The van der Waals surface area contributed by atoms with Gasteiger partial charge >= 0.3 is 0 Å².